The van der Waals surface area contributed by atoms with E-state index in [9.17, 15) is 13.2 Å². The molecule has 20 heavy (non-hydrogen) atoms. The van der Waals surface area contributed by atoms with Crippen molar-refractivity contribution in [2.24, 2.45) is 5.92 Å². The van der Waals surface area contributed by atoms with Crippen LogP contribution < -0.4 is 11.1 Å². The number of nitrogen functional groups attached to an aromatic ring is 1. The number of hydrogen-bond donors (Lipinski definition) is 2. The van der Waals surface area contributed by atoms with Crippen LogP contribution in [0.25, 0.3) is 0 Å². The van der Waals surface area contributed by atoms with Gasteiger partial charge < -0.3 is 15.8 Å². The van der Waals surface area contributed by atoms with Crippen molar-refractivity contribution in [3.63, 3.8) is 0 Å². The number of rotatable bonds is 4. The fourth-order valence-corrected chi connectivity index (χ4v) is 3.99. The molecule has 110 valence electrons. The van der Waals surface area contributed by atoms with Crippen molar-refractivity contribution in [2.75, 3.05) is 36.2 Å². The van der Waals surface area contributed by atoms with Crippen molar-refractivity contribution in [1.82, 2.24) is 4.98 Å². The number of nitrogens with zero attached hydrogens (tertiary/aromatic N) is 1. The number of methoxy groups -OCH3 is 1. The largest absolute Gasteiger partial charge is 0.465 e. The van der Waals surface area contributed by atoms with Crippen molar-refractivity contribution in [1.29, 1.82) is 0 Å². The quantitative estimate of drug-likeness (QED) is 0.769. The topological polar surface area (TPSA) is 111 Å². The minimum atomic E-state index is -2.89. The molecule has 2 heterocycles. The highest BCUT2D eigenvalue weighted by Crippen LogP contribution is 2.20. The number of pyridine rings is 1. The molecular formula is C12H17N3O4S. The summed E-state index contributed by atoms with van der Waals surface area (Å²) in [6.07, 6.45) is 2.02. The van der Waals surface area contributed by atoms with Gasteiger partial charge in [0, 0.05) is 6.54 Å². The molecule has 0 saturated carbocycles. The molecule has 1 aromatic heterocycles. The molecular weight excluding hydrogens is 282 g/mol. The van der Waals surface area contributed by atoms with Crippen molar-refractivity contribution in [3.8, 4) is 0 Å². The third-order valence-corrected chi connectivity index (χ3v) is 5.08. The number of hydrogen-bond acceptors (Lipinski definition) is 7. The van der Waals surface area contributed by atoms with Crippen LogP contribution in [0, 0.1) is 5.92 Å². The fourth-order valence-electron chi connectivity index (χ4n) is 2.13. The van der Waals surface area contributed by atoms with Crippen LogP contribution >= 0.6 is 0 Å². The number of aromatic nitrogens is 1. The van der Waals surface area contributed by atoms with Gasteiger partial charge in [-0.1, -0.05) is 0 Å². The highest BCUT2D eigenvalue weighted by atomic mass is 32.2. The summed E-state index contributed by atoms with van der Waals surface area (Å²) in [5, 5.41) is 3.03. The average molecular weight is 299 g/mol. The molecule has 1 aliphatic heterocycles. The Hall–Kier alpha value is -1.83. The third-order valence-electron chi connectivity index (χ3n) is 3.24. The van der Waals surface area contributed by atoms with Crippen molar-refractivity contribution < 1.29 is 17.9 Å². The molecule has 0 spiro atoms. The molecule has 3 N–H and O–H groups in total. The molecule has 1 unspecified atom stereocenters. The number of sulfone groups is 1. The van der Waals surface area contributed by atoms with E-state index in [0.29, 0.717) is 18.8 Å². The standard InChI is InChI=1S/C12H17N3O4S/c1-19-12(16)9-4-11(15-6-10(9)13)14-5-8-2-3-20(17,18)7-8/h4,6,8H,2-3,5,7,13H2,1H3,(H,14,15). The van der Waals surface area contributed by atoms with Gasteiger partial charge in [-0.2, -0.15) is 0 Å². The highest BCUT2D eigenvalue weighted by Gasteiger charge is 2.27. The van der Waals surface area contributed by atoms with Gasteiger partial charge in [0.05, 0.1) is 36.1 Å². The second-order valence-corrected chi connectivity index (χ2v) is 7.03. The molecule has 7 nitrogen and oxygen atoms in total. The van der Waals surface area contributed by atoms with Gasteiger partial charge in [0.15, 0.2) is 9.84 Å². The highest BCUT2D eigenvalue weighted by molar-refractivity contribution is 7.91. The van der Waals surface area contributed by atoms with E-state index in [4.69, 9.17) is 5.73 Å². The van der Waals surface area contributed by atoms with E-state index >= 15 is 0 Å². The molecule has 2 rings (SSSR count). The van der Waals surface area contributed by atoms with Gasteiger partial charge in [0.2, 0.25) is 0 Å². The predicted octanol–water partition coefficient (Wildman–Crippen LogP) is 0.297. The molecule has 1 aliphatic rings. The number of esters is 1. The van der Waals surface area contributed by atoms with E-state index in [0.717, 1.165) is 0 Å². The number of nitrogens with one attached hydrogen (secondary N) is 1. The molecule has 1 atom stereocenters. The first-order valence-corrected chi connectivity index (χ1v) is 8.01. The van der Waals surface area contributed by atoms with Gasteiger partial charge in [0.25, 0.3) is 0 Å². The molecule has 1 fully saturated rings. The van der Waals surface area contributed by atoms with Crippen molar-refractivity contribution >= 4 is 27.3 Å². The molecule has 1 aromatic rings. The average Bonchev–Trinajstić information content (AvgIpc) is 2.76. The van der Waals surface area contributed by atoms with E-state index in [1.807, 2.05) is 0 Å². The molecule has 0 aromatic carbocycles. The summed E-state index contributed by atoms with van der Waals surface area (Å²) >= 11 is 0. The number of carbonyl (C=O) groups excluding carboxylic acids is 1. The minimum Gasteiger partial charge on any atom is -0.465 e. The number of ether oxygens (including phenoxy) is 1. The summed E-state index contributed by atoms with van der Waals surface area (Å²) in [4.78, 5) is 15.6. The summed E-state index contributed by atoms with van der Waals surface area (Å²) in [7, 11) is -1.61. The van der Waals surface area contributed by atoms with Crippen LogP contribution in [0.5, 0.6) is 0 Å². The van der Waals surface area contributed by atoms with Crippen LogP contribution in [0.2, 0.25) is 0 Å². The van der Waals surface area contributed by atoms with E-state index in [-0.39, 0.29) is 28.7 Å². The molecule has 8 heteroatoms. The maximum atomic E-state index is 11.5. The summed E-state index contributed by atoms with van der Waals surface area (Å²) in [6.45, 7) is 0.497. The zero-order valence-electron chi connectivity index (χ0n) is 11.1. The van der Waals surface area contributed by atoms with Gasteiger partial charge >= 0.3 is 5.97 Å². The molecule has 0 bridgehead atoms. The SMILES string of the molecule is COC(=O)c1cc(NCC2CCS(=O)(=O)C2)ncc1N. The monoisotopic (exact) mass is 299 g/mol. The van der Waals surface area contributed by atoms with Gasteiger partial charge in [-0.3, -0.25) is 0 Å². The summed E-state index contributed by atoms with van der Waals surface area (Å²) in [6, 6.07) is 1.50. The molecule has 0 aliphatic carbocycles. The van der Waals surface area contributed by atoms with Crippen LogP contribution in [0.3, 0.4) is 0 Å². The lowest BCUT2D eigenvalue weighted by Crippen LogP contribution is -2.17. The molecule has 0 amide bonds. The Morgan fingerprint density at radius 2 is 2.35 bits per heavy atom. The van der Waals surface area contributed by atoms with Crippen molar-refractivity contribution in [2.45, 2.75) is 6.42 Å². The molecule has 1 saturated heterocycles. The van der Waals surface area contributed by atoms with Crippen LogP contribution in [0.1, 0.15) is 16.8 Å². The first-order chi connectivity index (χ1) is 9.41. The predicted molar refractivity (Wildman–Crippen MR) is 75.2 cm³/mol. The van der Waals surface area contributed by atoms with E-state index in [1.165, 1.54) is 19.4 Å². The van der Waals surface area contributed by atoms with Gasteiger partial charge in [-0.15, -0.1) is 0 Å². The lowest BCUT2D eigenvalue weighted by molar-refractivity contribution is 0.0602. The van der Waals surface area contributed by atoms with Crippen LogP contribution in [0.15, 0.2) is 12.3 Å². The molecule has 0 radical (unpaired) electrons. The second kappa shape index (κ2) is 5.66. The zero-order chi connectivity index (χ0) is 14.8. The van der Waals surface area contributed by atoms with Gasteiger partial charge in [0.1, 0.15) is 5.82 Å². The van der Waals surface area contributed by atoms with Crippen LogP contribution in [-0.2, 0) is 14.6 Å². The summed E-state index contributed by atoms with van der Waals surface area (Å²) in [5.74, 6) is 0.446. The number of carbonyl (C=O) groups is 1. The van der Waals surface area contributed by atoms with Crippen LogP contribution in [0.4, 0.5) is 11.5 Å². The van der Waals surface area contributed by atoms with E-state index in [2.05, 4.69) is 15.0 Å². The minimum absolute atomic E-state index is 0.0703. The number of nitrogens with two attached hydrogens (primary N) is 1. The van der Waals surface area contributed by atoms with E-state index < -0.39 is 15.8 Å². The first kappa shape index (κ1) is 14.6. The number of anilines is 2. The Morgan fingerprint density at radius 3 is 2.95 bits per heavy atom. The van der Waals surface area contributed by atoms with Gasteiger partial charge in [-0.25, -0.2) is 18.2 Å². The normalized spacial score (nSPS) is 20.6. The first-order valence-electron chi connectivity index (χ1n) is 6.19. The Morgan fingerprint density at radius 1 is 1.60 bits per heavy atom. The Bertz CT molecular complexity index is 615. The lowest BCUT2D eigenvalue weighted by Gasteiger charge is -2.11. The lowest BCUT2D eigenvalue weighted by atomic mass is 10.1. The summed E-state index contributed by atoms with van der Waals surface area (Å²) in [5.41, 5.74) is 6.13. The fraction of sp³-hybridized carbons (Fsp3) is 0.500. The summed E-state index contributed by atoms with van der Waals surface area (Å²) < 4.78 is 27.3. The van der Waals surface area contributed by atoms with Gasteiger partial charge in [-0.05, 0) is 18.4 Å². The van der Waals surface area contributed by atoms with Crippen LogP contribution in [-0.4, -0.2) is 44.5 Å². The maximum Gasteiger partial charge on any atom is 0.340 e. The third kappa shape index (κ3) is 3.38. The van der Waals surface area contributed by atoms with Crippen molar-refractivity contribution in [3.05, 3.63) is 17.8 Å². The Labute approximate surface area is 117 Å². The zero-order valence-corrected chi connectivity index (χ0v) is 11.9. The smallest absolute Gasteiger partial charge is 0.340 e. The second-order valence-electron chi connectivity index (χ2n) is 4.80. The Balaban J connectivity index is 2.02. The Kier molecular flexibility index (Phi) is 4.12. The maximum absolute atomic E-state index is 11.5. The van der Waals surface area contributed by atoms with E-state index in [1.54, 1.807) is 0 Å².